The van der Waals surface area contributed by atoms with Crippen LogP contribution in [0.15, 0.2) is 12.4 Å². The molecule has 1 amide bonds. The number of aryl methyl sites for hydroxylation is 1. The molecule has 0 saturated carbocycles. The number of carbonyl (C=O) groups excluding carboxylic acids is 1. The van der Waals surface area contributed by atoms with Crippen molar-refractivity contribution in [1.29, 1.82) is 0 Å². The van der Waals surface area contributed by atoms with E-state index in [1.807, 2.05) is 40.9 Å². The number of nitrogens with one attached hydrogen (secondary N) is 2. The number of nitrogens with zero attached hydrogens (tertiary/aromatic N) is 2. The van der Waals surface area contributed by atoms with Gasteiger partial charge < -0.3 is 10.6 Å². The Balaban J connectivity index is 2.39. The first-order valence-corrected chi connectivity index (χ1v) is 5.81. The summed E-state index contributed by atoms with van der Waals surface area (Å²) in [5.74, 6) is 0.0152. The Labute approximate surface area is 103 Å². The third-order valence-corrected chi connectivity index (χ3v) is 2.26. The Bertz CT molecular complexity index is 378. The smallest absolute Gasteiger partial charge is 0.237 e. The summed E-state index contributed by atoms with van der Waals surface area (Å²) in [6.07, 6.45) is 3.72. The summed E-state index contributed by atoms with van der Waals surface area (Å²) < 4.78 is 1.75. The third kappa shape index (κ3) is 4.99. The fourth-order valence-electron chi connectivity index (χ4n) is 1.40. The van der Waals surface area contributed by atoms with Gasteiger partial charge in [0.25, 0.3) is 0 Å². The van der Waals surface area contributed by atoms with Crippen molar-refractivity contribution < 1.29 is 4.79 Å². The molecule has 0 aliphatic carbocycles. The molecule has 17 heavy (non-hydrogen) atoms. The van der Waals surface area contributed by atoms with Crippen molar-refractivity contribution in [2.24, 2.45) is 7.05 Å². The second-order valence-corrected chi connectivity index (χ2v) is 5.36. The normalized spacial score (nSPS) is 13.5. The Morgan fingerprint density at radius 1 is 1.53 bits per heavy atom. The molecule has 0 bridgehead atoms. The van der Waals surface area contributed by atoms with E-state index < -0.39 is 0 Å². The van der Waals surface area contributed by atoms with E-state index >= 15 is 0 Å². The van der Waals surface area contributed by atoms with E-state index in [-0.39, 0.29) is 17.5 Å². The molecule has 1 unspecified atom stereocenters. The molecule has 0 fully saturated rings. The zero-order valence-electron chi connectivity index (χ0n) is 11.2. The zero-order chi connectivity index (χ0) is 13.1. The topological polar surface area (TPSA) is 59.0 Å². The van der Waals surface area contributed by atoms with Crippen molar-refractivity contribution in [2.45, 2.75) is 45.8 Å². The van der Waals surface area contributed by atoms with Crippen LogP contribution in [0.3, 0.4) is 0 Å². The second-order valence-electron chi connectivity index (χ2n) is 5.36. The second kappa shape index (κ2) is 5.31. The zero-order valence-corrected chi connectivity index (χ0v) is 11.2. The summed E-state index contributed by atoms with van der Waals surface area (Å²) in [5.41, 5.74) is 0.879. The van der Waals surface area contributed by atoms with Gasteiger partial charge in [0, 0.05) is 30.9 Å². The van der Waals surface area contributed by atoms with Crippen molar-refractivity contribution in [2.75, 3.05) is 0 Å². The Hall–Kier alpha value is -1.36. The summed E-state index contributed by atoms with van der Waals surface area (Å²) in [7, 11) is 1.87. The Morgan fingerprint density at radius 3 is 2.65 bits per heavy atom. The lowest BCUT2D eigenvalue weighted by atomic mass is 10.1. The fraction of sp³-hybridized carbons (Fsp3) is 0.667. The molecule has 1 aromatic heterocycles. The van der Waals surface area contributed by atoms with Crippen molar-refractivity contribution in [1.82, 2.24) is 20.4 Å². The van der Waals surface area contributed by atoms with E-state index in [2.05, 4.69) is 15.7 Å². The van der Waals surface area contributed by atoms with Crippen LogP contribution in [0, 0.1) is 0 Å². The maximum absolute atomic E-state index is 11.8. The minimum Gasteiger partial charge on any atom is -0.350 e. The quantitative estimate of drug-likeness (QED) is 0.816. The lowest BCUT2D eigenvalue weighted by molar-refractivity contribution is -0.124. The van der Waals surface area contributed by atoms with E-state index in [9.17, 15) is 4.79 Å². The van der Waals surface area contributed by atoms with E-state index in [1.165, 1.54) is 0 Å². The van der Waals surface area contributed by atoms with Gasteiger partial charge in [0.15, 0.2) is 0 Å². The molecule has 0 radical (unpaired) electrons. The summed E-state index contributed by atoms with van der Waals surface area (Å²) in [5, 5.41) is 10.2. The first-order chi connectivity index (χ1) is 7.78. The predicted octanol–water partition coefficient (Wildman–Crippen LogP) is 0.813. The minimum absolute atomic E-state index is 0.0152. The van der Waals surface area contributed by atoms with Crippen molar-refractivity contribution in [3.05, 3.63) is 18.0 Å². The highest BCUT2D eigenvalue weighted by atomic mass is 16.2. The molecule has 0 spiro atoms. The van der Waals surface area contributed by atoms with Gasteiger partial charge in [-0.15, -0.1) is 0 Å². The van der Waals surface area contributed by atoms with Crippen LogP contribution in [0.1, 0.15) is 33.3 Å². The van der Waals surface area contributed by atoms with Gasteiger partial charge in [0.1, 0.15) is 0 Å². The highest BCUT2D eigenvalue weighted by molar-refractivity contribution is 5.81. The lowest BCUT2D eigenvalue weighted by Crippen LogP contribution is -2.49. The third-order valence-electron chi connectivity index (χ3n) is 2.26. The van der Waals surface area contributed by atoms with Crippen LogP contribution in [0.4, 0.5) is 0 Å². The molecular formula is C12H22N4O. The number of rotatable bonds is 4. The standard InChI is InChI=1S/C12H22N4O/c1-9(11(17)15-12(2,3)4)13-6-10-7-14-16(5)8-10/h7-9,13H,6H2,1-5H3,(H,15,17). The molecule has 5 nitrogen and oxygen atoms in total. The number of carbonyl (C=O) groups is 1. The highest BCUT2D eigenvalue weighted by Crippen LogP contribution is 2.00. The van der Waals surface area contributed by atoms with Gasteiger partial charge in [-0.3, -0.25) is 9.48 Å². The Morgan fingerprint density at radius 2 is 2.18 bits per heavy atom. The molecule has 0 aliphatic rings. The van der Waals surface area contributed by atoms with Gasteiger partial charge in [0.05, 0.1) is 12.2 Å². The molecule has 96 valence electrons. The van der Waals surface area contributed by atoms with Crippen LogP contribution in [0.25, 0.3) is 0 Å². The average Bonchev–Trinajstić information content (AvgIpc) is 2.58. The highest BCUT2D eigenvalue weighted by Gasteiger charge is 2.18. The van der Waals surface area contributed by atoms with Gasteiger partial charge in [-0.05, 0) is 27.7 Å². The summed E-state index contributed by atoms with van der Waals surface area (Å²) in [4.78, 5) is 11.8. The van der Waals surface area contributed by atoms with E-state index in [1.54, 1.807) is 10.9 Å². The molecule has 0 aliphatic heterocycles. The Kier molecular flexibility index (Phi) is 4.28. The number of hydrogen-bond donors (Lipinski definition) is 2. The van der Waals surface area contributed by atoms with E-state index in [0.717, 1.165) is 5.56 Å². The fourth-order valence-corrected chi connectivity index (χ4v) is 1.40. The molecule has 1 heterocycles. The lowest BCUT2D eigenvalue weighted by Gasteiger charge is -2.23. The van der Waals surface area contributed by atoms with Crippen LogP contribution < -0.4 is 10.6 Å². The van der Waals surface area contributed by atoms with Crippen molar-refractivity contribution in [3.8, 4) is 0 Å². The molecule has 1 rings (SSSR count). The molecular weight excluding hydrogens is 216 g/mol. The maximum Gasteiger partial charge on any atom is 0.237 e. The molecule has 0 aromatic carbocycles. The van der Waals surface area contributed by atoms with E-state index in [0.29, 0.717) is 6.54 Å². The van der Waals surface area contributed by atoms with Crippen LogP contribution >= 0.6 is 0 Å². The number of amides is 1. The summed E-state index contributed by atoms with van der Waals surface area (Å²) >= 11 is 0. The minimum atomic E-state index is -0.213. The molecule has 2 N–H and O–H groups in total. The van der Waals surface area contributed by atoms with Gasteiger partial charge in [0.2, 0.25) is 5.91 Å². The number of hydrogen-bond acceptors (Lipinski definition) is 3. The van der Waals surface area contributed by atoms with Crippen LogP contribution in [-0.4, -0.2) is 27.3 Å². The summed E-state index contributed by atoms with van der Waals surface area (Å²) in [6, 6.07) is -0.213. The molecule has 5 heteroatoms. The van der Waals surface area contributed by atoms with E-state index in [4.69, 9.17) is 0 Å². The molecule has 1 atom stereocenters. The molecule has 0 saturated heterocycles. The van der Waals surface area contributed by atoms with Crippen LogP contribution in [-0.2, 0) is 18.4 Å². The monoisotopic (exact) mass is 238 g/mol. The average molecular weight is 238 g/mol. The van der Waals surface area contributed by atoms with Gasteiger partial charge in [-0.2, -0.15) is 5.10 Å². The predicted molar refractivity (Wildman–Crippen MR) is 67.4 cm³/mol. The SMILES string of the molecule is CC(NCc1cnn(C)c1)C(=O)NC(C)(C)C. The van der Waals surface area contributed by atoms with Crippen LogP contribution in [0.5, 0.6) is 0 Å². The molecule has 1 aromatic rings. The summed E-state index contributed by atoms with van der Waals surface area (Å²) in [6.45, 7) is 8.42. The van der Waals surface area contributed by atoms with Gasteiger partial charge in [-0.1, -0.05) is 0 Å². The van der Waals surface area contributed by atoms with Crippen molar-refractivity contribution in [3.63, 3.8) is 0 Å². The van der Waals surface area contributed by atoms with Gasteiger partial charge >= 0.3 is 0 Å². The first kappa shape index (κ1) is 13.7. The first-order valence-electron chi connectivity index (χ1n) is 5.81. The maximum atomic E-state index is 11.8. The van der Waals surface area contributed by atoms with Crippen LogP contribution in [0.2, 0.25) is 0 Å². The number of aromatic nitrogens is 2. The van der Waals surface area contributed by atoms with Crippen molar-refractivity contribution >= 4 is 5.91 Å². The van der Waals surface area contributed by atoms with Gasteiger partial charge in [-0.25, -0.2) is 0 Å². The largest absolute Gasteiger partial charge is 0.350 e.